The Morgan fingerprint density at radius 2 is 1.96 bits per heavy atom. The lowest BCUT2D eigenvalue weighted by Gasteiger charge is -2.09. The van der Waals surface area contributed by atoms with Gasteiger partial charge in [0.1, 0.15) is 17.1 Å². The molecular formula is C20H17N3O3. The van der Waals surface area contributed by atoms with Gasteiger partial charge in [-0.2, -0.15) is 0 Å². The van der Waals surface area contributed by atoms with E-state index in [9.17, 15) is 9.59 Å². The van der Waals surface area contributed by atoms with Crippen molar-refractivity contribution in [3.63, 3.8) is 0 Å². The highest BCUT2D eigenvalue weighted by Gasteiger charge is 2.20. The number of rotatable bonds is 3. The van der Waals surface area contributed by atoms with E-state index < -0.39 is 5.63 Å². The molecule has 3 heterocycles. The summed E-state index contributed by atoms with van der Waals surface area (Å²) in [5.41, 5.74) is 1.97. The number of hydrogen-bond acceptors (Lipinski definition) is 4. The van der Waals surface area contributed by atoms with Gasteiger partial charge >= 0.3 is 5.63 Å². The molecule has 0 fully saturated rings. The Bertz CT molecular complexity index is 1200. The second kappa shape index (κ2) is 6.15. The summed E-state index contributed by atoms with van der Waals surface area (Å²) in [6.07, 6.45) is 0. The van der Waals surface area contributed by atoms with Gasteiger partial charge in [-0.3, -0.25) is 4.79 Å². The molecule has 130 valence electrons. The van der Waals surface area contributed by atoms with E-state index in [1.165, 1.54) is 0 Å². The fraction of sp³-hybridized carbons (Fsp3) is 0.150. The Kier molecular flexibility index (Phi) is 3.80. The van der Waals surface area contributed by atoms with Gasteiger partial charge in [0.15, 0.2) is 0 Å². The maximum atomic E-state index is 12.8. The number of hydrogen-bond donors (Lipinski definition) is 1. The molecule has 0 atom stereocenters. The number of carbonyl (C=O) groups excluding carboxylic acids is 1. The van der Waals surface area contributed by atoms with Gasteiger partial charge in [0.2, 0.25) is 0 Å². The maximum Gasteiger partial charge on any atom is 0.345 e. The predicted molar refractivity (Wildman–Crippen MR) is 101 cm³/mol. The van der Waals surface area contributed by atoms with Gasteiger partial charge in [0.05, 0.1) is 10.9 Å². The number of pyridine rings is 1. The van der Waals surface area contributed by atoms with Crippen molar-refractivity contribution in [3.05, 3.63) is 70.3 Å². The number of anilines is 1. The zero-order valence-electron chi connectivity index (χ0n) is 14.4. The van der Waals surface area contributed by atoms with Gasteiger partial charge in [0, 0.05) is 17.6 Å². The van der Waals surface area contributed by atoms with Crippen LogP contribution >= 0.6 is 0 Å². The van der Waals surface area contributed by atoms with Crippen molar-refractivity contribution >= 4 is 33.6 Å². The molecule has 3 aromatic heterocycles. The Hall–Kier alpha value is -3.41. The molecular weight excluding hydrogens is 330 g/mol. The van der Waals surface area contributed by atoms with Crippen LogP contribution in [0.25, 0.3) is 21.9 Å². The Morgan fingerprint density at radius 1 is 1.15 bits per heavy atom. The number of benzene rings is 1. The first-order chi connectivity index (χ1) is 12.6. The van der Waals surface area contributed by atoms with Crippen LogP contribution in [0.15, 0.2) is 57.7 Å². The van der Waals surface area contributed by atoms with Crippen LogP contribution in [0.2, 0.25) is 0 Å². The highest BCUT2D eigenvalue weighted by molar-refractivity contribution is 6.10. The van der Waals surface area contributed by atoms with Crippen LogP contribution < -0.4 is 10.9 Å². The molecule has 0 aliphatic rings. The lowest BCUT2D eigenvalue weighted by Crippen LogP contribution is -2.17. The van der Waals surface area contributed by atoms with E-state index in [0.29, 0.717) is 34.5 Å². The minimum Gasteiger partial charge on any atom is -0.422 e. The summed E-state index contributed by atoms with van der Waals surface area (Å²) in [5.74, 6) is 0.157. The van der Waals surface area contributed by atoms with Gasteiger partial charge in [-0.1, -0.05) is 18.2 Å². The minimum absolute atomic E-state index is 0.315. The normalized spacial score (nSPS) is 11.2. The van der Waals surface area contributed by atoms with E-state index >= 15 is 0 Å². The van der Waals surface area contributed by atoms with Crippen LogP contribution in [0.5, 0.6) is 0 Å². The van der Waals surface area contributed by atoms with Crippen LogP contribution in [0.4, 0.5) is 5.82 Å². The van der Waals surface area contributed by atoms with Gasteiger partial charge < -0.3 is 14.3 Å². The number of aromatic nitrogens is 2. The summed E-state index contributed by atoms with van der Waals surface area (Å²) in [6.45, 7) is 4.33. The fourth-order valence-corrected chi connectivity index (χ4v) is 3.21. The molecule has 6 nitrogen and oxygen atoms in total. The van der Waals surface area contributed by atoms with E-state index in [1.54, 1.807) is 18.2 Å². The standard InChI is InChI=1S/C20H17N3O3/c1-3-23-15(19(24)22-17-10-6-7-12(2)21-17)11-14-18(23)13-8-4-5-9-16(13)26-20(14)25/h4-11H,3H2,1-2H3,(H,21,22,24). The monoisotopic (exact) mass is 347 g/mol. The molecule has 0 bridgehead atoms. The number of nitrogens with zero attached hydrogens (tertiary/aromatic N) is 2. The van der Waals surface area contributed by atoms with Crippen LogP contribution in [0, 0.1) is 6.92 Å². The average molecular weight is 347 g/mol. The second-order valence-electron chi connectivity index (χ2n) is 6.04. The number of amides is 1. The molecule has 4 rings (SSSR count). The first-order valence-electron chi connectivity index (χ1n) is 8.38. The highest BCUT2D eigenvalue weighted by Crippen LogP contribution is 2.26. The summed E-state index contributed by atoms with van der Waals surface area (Å²) in [4.78, 5) is 29.5. The van der Waals surface area contributed by atoms with E-state index in [2.05, 4.69) is 10.3 Å². The van der Waals surface area contributed by atoms with Crippen LogP contribution in [-0.4, -0.2) is 15.5 Å². The van der Waals surface area contributed by atoms with Gasteiger partial charge in [-0.25, -0.2) is 9.78 Å². The van der Waals surface area contributed by atoms with Crippen molar-refractivity contribution in [2.24, 2.45) is 0 Å². The molecule has 1 amide bonds. The number of aryl methyl sites for hydroxylation is 2. The third kappa shape index (κ3) is 2.56. The third-order valence-electron chi connectivity index (χ3n) is 4.34. The molecule has 0 radical (unpaired) electrons. The third-order valence-corrected chi connectivity index (χ3v) is 4.34. The summed E-state index contributed by atoms with van der Waals surface area (Å²) < 4.78 is 7.22. The van der Waals surface area contributed by atoms with Crippen molar-refractivity contribution in [1.82, 2.24) is 9.55 Å². The number of nitrogens with one attached hydrogen (secondary N) is 1. The zero-order chi connectivity index (χ0) is 18.3. The quantitative estimate of drug-likeness (QED) is 0.573. The Labute approximate surface area is 149 Å². The summed E-state index contributed by atoms with van der Waals surface area (Å²) in [7, 11) is 0. The number of carbonyl (C=O) groups is 1. The minimum atomic E-state index is -0.450. The van der Waals surface area contributed by atoms with Gasteiger partial charge in [-0.15, -0.1) is 0 Å². The smallest absolute Gasteiger partial charge is 0.345 e. The van der Waals surface area contributed by atoms with E-state index in [1.807, 2.05) is 48.7 Å². The largest absolute Gasteiger partial charge is 0.422 e. The molecule has 0 spiro atoms. The summed E-state index contributed by atoms with van der Waals surface area (Å²) in [5, 5.41) is 4.00. The van der Waals surface area contributed by atoms with E-state index in [4.69, 9.17) is 4.42 Å². The summed E-state index contributed by atoms with van der Waals surface area (Å²) >= 11 is 0. The predicted octanol–water partition coefficient (Wildman–Crippen LogP) is 3.72. The molecule has 0 aliphatic carbocycles. The average Bonchev–Trinajstić information content (AvgIpc) is 3.02. The van der Waals surface area contributed by atoms with Crippen LogP contribution in [-0.2, 0) is 6.54 Å². The maximum absolute atomic E-state index is 12.8. The van der Waals surface area contributed by atoms with Crippen molar-refractivity contribution in [2.45, 2.75) is 20.4 Å². The topological polar surface area (TPSA) is 77.1 Å². The second-order valence-corrected chi connectivity index (χ2v) is 6.04. The lowest BCUT2D eigenvalue weighted by molar-refractivity contribution is 0.101. The molecule has 6 heteroatoms. The molecule has 0 saturated heterocycles. The van der Waals surface area contributed by atoms with Crippen molar-refractivity contribution in [1.29, 1.82) is 0 Å². The van der Waals surface area contributed by atoms with Crippen LogP contribution in [0.3, 0.4) is 0 Å². The number of para-hydroxylation sites is 1. The Balaban J connectivity index is 1.90. The van der Waals surface area contributed by atoms with Crippen LogP contribution in [0.1, 0.15) is 23.1 Å². The molecule has 26 heavy (non-hydrogen) atoms. The molecule has 0 unspecified atom stereocenters. The van der Waals surface area contributed by atoms with E-state index in [-0.39, 0.29) is 5.91 Å². The zero-order valence-corrected chi connectivity index (χ0v) is 14.4. The molecule has 1 N–H and O–H groups in total. The fourth-order valence-electron chi connectivity index (χ4n) is 3.21. The first-order valence-corrected chi connectivity index (χ1v) is 8.38. The van der Waals surface area contributed by atoms with E-state index in [0.717, 1.165) is 11.1 Å². The highest BCUT2D eigenvalue weighted by atomic mass is 16.4. The lowest BCUT2D eigenvalue weighted by atomic mass is 10.2. The first kappa shape index (κ1) is 16.1. The Morgan fingerprint density at radius 3 is 2.73 bits per heavy atom. The van der Waals surface area contributed by atoms with Crippen molar-refractivity contribution in [2.75, 3.05) is 5.32 Å². The molecule has 0 aliphatic heterocycles. The summed E-state index contributed by atoms with van der Waals surface area (Å²) in [6, 6.07) is 14.3. The van der Waals surface area contributed by atoms with Gasteiger partial charge in [0.25, 0.3) is 5.91 Å². The van der Waals surface area contributed by atoms with Crippen molar-refractivity contribution in [3.8, 4) is 0 Å². The molecule has 1 aromatic carbocycles. The molecule has 0 saturated carbocycles. The SMILES string of the molecule is CCn1c(C(=O)Nc2cccc(C)n2)cc2c(=O)oc3ccccc3c21. The number of fused-ring (bicyclic) bond motifs is 3. The van der Waals surface area contributed by atoms with Gasteiger partial charge in [-0.05, 0) is 44.2 Å². The molecule has 4 aromatic rings. The van der Waals surface area contributed by atoms with Crippen molar-refractivity contribution < 1.29 is 9.21 Å².